The van der Waals surface area contributed by atoms with E-state index in [0.29, 0.717) is 0 Å². The Bertz CT molecular complexity index is 242. The van der Waals surface area contributed by atoms with Gasteiger partial charge in [0.25, 0.3) is 0 Å². The smallest absolute Gasteiger partial charge is 0.190 e. The van der Waals surface area contributed by atoms with Crippen LogP contribution < -0.4 is 10.6 Å². The van der Waals surface area contributed by atoms with Crippen molar-refractivity contribution in [1.82, 2.24) is 10.6 Å². The number of rotatable bonds is 7. The van der Waals surface area contributed by atoms with Crippen LogP contribution in [-0.4, -0.2) is 51.3 Å². The molecule has 0 atom stereocenters. The predicted molar refractivity (Wildman–Crippen MR) is 75.9 cm³/mol. The molecule has 1 rings (SSSR count). The van der Waals surface area contributed by atoms with Crippen molar-refractivity contribution in [2.75, 3.05) is 45.4 Å². The van der Waals surface area contributed by atoms with Crippen molar-refractivity contribution in [3.05, 3.63) is 0 Å². The fourth-order valence-electron chi connectivity index (χ4n) is 1.65. The standard InChI is InChI=1S/C12H25N3OS/c1-12(9-16-10-12)8-15-11(13-2)14-6-4-5-7-17-3/h4-10H2,1-3H3,(H2,13,14,15). The van der Waals surface area contributed by atoms with Crippen LogP contribution in [0.4, 0.5) is 0 Å². The van der Waals surface area contributed by atoms with Gasteiger partial charge in [-0.15, -0.1) is 0 Å². The second-order valence-corrected chi connectivity index (χ2v) is 5.84. The van der Waals surface area contributed by atoms with Crippen LogP contribution in [0.3, 0.4) is 0 Å². The van der Waals surface area contributed by atoms with Crippen molar-refractivity contribution >= 4 is 17.7 Å². The molecular formula is C12H25N3OS. The third-order valence-corrected chi connectivity index (χ3v) is 3.57. The number of hydrogen-bond donors (Lipinski definition) is 2. The van der Waals surface area contributed by atoms with Gasteiger partial charge in [0, 0.05) is 25.6 Å². The number of nitrogens with one attached hydrogen (secondary N) is 2. The lowest BCUT2D eigenvalue weighted by Gasteiger charge is -2.38. The van der Waals surface area contributed by atoms with Gasteiger partial charge in [-0.05, 0) is 24.9 Å². The Morgan fingerprint density at radius 3 is 2.65 bits per heavy atom. The van der Waals surface area contributed by atoms with E-state index >= 15 is 0 Å². The zero-order valence-electron chi connectivity index (χ0n) is 11.2. The van der Waals surface area contributed by atoms with E-state index < -0.39 is 0 Å². The first-order valence-electron chi connectivity index (χ1n) is 6.21. The fraction of sp³-hybridized carbons (Fsp3) is 0.917. The molecule has 0 amide bonds. The highest BCUT2D eigenvalue weighted by Gasteiger charge is 2.33. The summed E-state index contributed by atoms with van der Waals surface area (Å²) in [5.41, 5.74) is 0.288. The Labute approximate surface area is 109 Å². The third kappa shape index (κ3) is 5.64. The summed E-state index contributed by atoms with van der Waals surface area (Å²) in [6, 6.07) is 0. The van der Waals surface area contributed by atoms with E-state index in [4.69, 9.17) is 4.74 Å². The van der Waals surface area contributed by atoms with Crippen molar-refractivity contribution in [3.8, 4) is 0 Å². The van der Waals surface area contributed by atoms with Crippen molar-refractivity contribution in [2.45, 2.75) is 19.8 Å². The van der Waals surface area contributed by atoms with Gasteiger partial charge in [0.15, 0.2) is 5.96 Å². The Balaban J connectivity index is 2.07. The second-order valence-electron chi connectivity index (χ2n) is 4.86. The Morgan fingerprint density at radius 1 is 1.35 bits per heavy atom. The van der Waals surface area contributed by atoms with Gasteiger partial charge >= 0.3 is 0 Å². The first kappa shape index (κ1) is 14.6. The van der Waals surface area contributed by atoms with E-state index in [0.717, 1.165) is 32.3 Å². The predicted octanol–water partition coefficient (Wildman–Crippen LogP) is 1.33. The molecule has 5 heteroatoms. The van der Waals surface area contributed by atoms with Gasteiger partial charge in [-0.25, -0.2) is 0 Å². The molecular weight excluding hydrogens is 234 g/mol. The number of thioether (sulfide) groups is 1. The highest BCUT2D eigenvalue weighted by molar-refractivity contribution is 7.98. The van der Waals surface area contributed by atoms with E-state index in [-0.39, 0.29) is 5.41 Å². The van der Waals surface area contributed by atoms with E-state index in [1.165, 1.54) is 18.6 Å². The molecule has 0 spiro atoms. The maximum absolute atomic E-state index is 5.23. The Morgan fingerprint density at radius 2 is 2.12 bits per heavy atom. The largest absolute Gasteiger partial charge is 0.380 e. The average molecular weight is 259 g/mol. The monoisotopic (exact) mass is 259 g/mol. The number of hydrogen-bond acceptors (Lipinski definition) is 3. The number of guanidine groups is 1. The van der Waals surface area contributed by atoms with Crippen molar-refractivity contribution < 1.29 is 4.74 Å². The summed E-state index contributed by atoms with van der Waals surface area (Å²) in [7, 11) is 1.82. The summed E-state index contributed by atoms with van der Waals surface area (Å²) in [4.78, 5) is 4.22. The van der Waals surface area contributed by atoms with Gasteiger partial charge in [0.05, 0.1) is 13.2 Å². The summed E-state index contributed by atoms with van der Waals surface area (Å²) in [5.74, 6) is 2.14. The highest BCUT2D eigenvalue weighted by Crippen LogP contribution is 2.24. The lowest BCUT2D eigenvalue weighted by Crippen LogP contribution is -2.51. The van der Waals surface area contributed by atoms with Crippen LogP contribution in [0.25, 0.3) is 0 Å². The molecule has 0 unspecified atom stereocenters. The van der Waals surface area contributed by atoms with Gasteiger partial charge < -0.3 is 15.4 Å². The van der Waals surface area contributed by atoms with Crippen LogP contribution in [0.2, 0.25) is 0 Å². The Kier molecular flexibility index (Phi) is 6.73. The molecule has 0 saturated carbocycles. The molecule has 2 N–H and O–H groups in total. The minimum Gasteiger partial charge on any atom is -0.380 e. The SMILES string of the molecule is CN=C(NCCCCSC)NCC1(C)COC1. The van der Waals surface area contributed by atoms with Gasteiger partial charge in [0.1, 0.15) is 0 Å². The number of nitrogens with zero attached hydrogens (tertiary/aromatic N) is 1. The Hall–Kier alpha value is -0.420. The van der Waals surface area contributed by atoms with Crippen LogP contribution in [0.5, 0.6) is 0 Å². The van der Waals surface area contributed by atoms with Crippen molar-refractivity contribution in [3.63, 3.8) is 0 Å². The van der Waals surface area contributed by atoms with E-state index in [2.05, 4.69) is 28.8 Å². The molecule has 0 bridgehead atoms. The molecule has 0 aromatic carbocycles. The van der Waals surface area contributed by atoms with E-state index in [1.807, 2.05) is 18.8 Å². The summed E-state index contributed by atoms with van der Waals surface area (Å²) in [5, 5.41) is 6.69. The minimum atomic E-state index is 0.288. The number of ether oxygens (including phenoxy) is 1. The number of unbranched alkanes of at least 4 members (excludes halogenated alkanes) is 1. The minimum absolute atomic E-state index is 0.288. The van der Waals surface area contributed by atoms with Crippen LogP contribution in [0, 0.1) is 5.41 Å². The van der Waals surface area contributed by atoms with Crippen LogP contribution >= 0.6 is 11.8 Å². The normalized spacial score (nSPS) is 18.6. The van der Waals surface area contributed by atoms with E-state index in [9.17, 15) is 0 Å². The summed E-state index contributed by atoms with van der Waals surface area (Å²) in [6.07, 6.45) is 4.61. The molecule has 0 aliphatic carbocycles. The lowest BCUT2D eigenvalue weighted by atomic mass is 9.89. The first-order valence-corrected chi connectivity index (χ1v) is 7.61. The molecule has 0 aromatic heterocycles. The molecule has 0 aromatic rings. The zero-order valence-corrected chi connectivity index (χ0v) is 12.0. The quantitative estimate of drug-likeness (QED) is 0.411. The molecule has 0 radical (unpaired) electrons. The van der Waals surface area contributed by atoms with Crippen LogP contribution in [0.15, 0.2) is 4.99 Å². The zero-order chi connectivity index (χ0) is 12.6. The van der Waals surface area contributed by atoms with E-state index in [1.54, 1.807) is 0 Å². The summed E-state index contributed by atoms with van der Waals surface area (Å²) < 4.78 is 5.23. The lowest BCUT2D eigenvalue weighted by molar-refractivity contribution is -0.0971. The van der Waals surface area contributed by atoms with Crippen LogP contribution in [0.1, 0.15) is 19.8 Å². The topological polar surface area (TPSA) is 45.7 Å². The van der Waals surface area contributed by atoms with Gasteiger partial charge in [0.2, 0.25) is 0 Å². The van der Waals surface area contributed by atoms with Crippen LogP contribution in [-0.2, 0) is 4.74 Å². The maximum atomic E-state index is 5.23. The highest BCUT2D eigenvalue weighted by atomic mass is 32.2. The third-order valence-electron chi connectivity index (χ3n) is 2.87. The molecule has 1 heterocycles. The summed E-state index contributed by atoms with van der Waals surface area (Å²) >= 11 is 1.90. The fourth-order valence-corrected chi connectivity index (χ4v) is 2.14. The molecule has 17 heavy (non-hydrogen) atoms. The average Bonchev–Trinajstić information content (AvgIpc) is 2.30. The second kappa shape index (κ2) is 7.82. The molecule has 1 aliphatic heterocycles. The van der Waals surface area contributed by atoms with Crippen molar-refractivity contribution in [2.24, 2.45) is 10.4 Å². The van der Waals surface area contributed by atoms with Gasteiger partial charge in [-0.1, -0.05) is 6.92 Å². The molecule has 1 aliphatic rings. The molecule has 4 nitrogen and oxygen atoms in total. The molecule has 100 valence electrons. The summed E-state index contributed by atoms with van der Waals surface area (Å²) in [6.45, 7) is 5.86. The molecule has 1 fully saturated rings. The molecule has 1 saturated heterocycles. The first-order chi connectivity index (χ1) is 8.20. The van der Waals surface area contributed by atoms with Gasteiger partial charge in [-0.3, -0.25) is 4.99 Å². The number of aliphatic imine (C=N–C) groups is 1. The maximum Gasteiger partial charge on any atom is 0.190 e. The van der Waals surface area contributed by atoms with Crippen molar-refractivity contribution in [1.29, 1.82) is 0 Å². The van der Waals surface area contributed by atoms with Gasteiger partial charge in [-0.2, -0.15) is 11.8 Å².